The van der Waals surface area contributed by atoms with E-state index in [-0.39, 0.29) is 0 Å². The Morgan fingerprint density at radius 2 is 2.06 bits per heavy atom. The Labute approximate surface area is 107 Å². The highest BCUT2D eigenvalue weighted by molar-refractivity contribution is 7.71. The van der Waals surface area contributed by atoms with E-state index in [0.29, 0.717) is 17.3 Å². The number of rotatable bonds is 4. The molecule has 1 heterocycles. The van der Waals surface area contributed by atoms with Gasteiger partial charge in [-0.25, -0.2) is 4.98 Å². The van der Waals surface area contributed by atoms with Crippen molar-refractivity contribution in [1.82, 2.24) is 9.55 Å². The van der Waals surface area contributed by atoms with E-state index in [1.807, 2.05) is 25.1 Å². The van der Waals surface area contributed by atoms with Crippen molar-refractivity contribution in [1.29, 1.82) is 0 Å². The molecule has 0 bridgehead atoms. The molecule has 0 aliphatic carbocycles. The molecule has 0 amide bonds. The number of imidazole rings is 1. The molecule has 18 heavy (non-hydrogen) atoms. The highest BCUT2D eigenvalue weighted by Gasteiger charge is 2.35. The molecule has 1 N–H and O–H groups in total. The minimum Gasteiger partial charge on any atom is -0.377 e. The van der Waals surface area contributed by atoms with Crippen molar-refractivity contribution in [3.63, 3.8) is 0 Å². The van der Waals surface area contributed by atoms with Crippen LogP contribution in [-0.4, -0.2) is 20.8 Å². The molecule has 0 fully saturated rings. The molecule has 0 aliphatic heterocycles. The van der Waals surface area contributed by atoms with E-state index in [1.165, 1.54) is 0 Å². The molecule has 5 heteroatoms. The maximum Gasteiger partial charge on any atom is 0.168 e. The van der Waals surface area contributed by atoms with Gasteiger partial charge in [-0.15, -0.1) is 0 Å². The van der Waals surface area contributed by atoms with Crippen molar-refractivity contribution in [3.05, 3.63) is 48.5 Å². The first-order chi connectivity index (χ1) is 8.59. The molecular formula is C13H17N2O2P. The van der Waals surface area contributed by atoms with Gasteiger partial charge in [0.25, 0.3) is 0 Å². The van der Waals surface area contributed by atoms with E-state index >= 15 is 0 Å². The maximum absolute atomic E-state index is 13.0. The lowest BCUT2D eigenvalue weighted by atomic mass is 10.4. The van der Waals surface area contributed by atoms with Gasteiger partial charge in [0.05, 0.1) is 0 Å². The summed E-state index contributed by atoms with van der Waals surface area (Å²) in [6, 6.07) is 9.15. The Hall–Kier alpha value is -1.38. The van der Waals surface area contributed by atoms with Gasteiger partial charge in [-0.2, -0.15) is 0 Å². The zero-order valence-corrected chi connectivity index (χ0v) is 11.4. The molecule has 1 aromatic carbocycles. The summed E-state index contributed by atoms with van der Waals surface area (Å²) in [5.74, 6) is -0.603. The molecule has 4 nitrogen and oxygen atoms in total. The predicted molar refractivity (Wildman–Crippen MR) is 72.4 cm³/mol. The van der Waals surface area contributed by atoms with Gasteiger partial charge in [-0.3, -0.25) is 0 Å². The molecule has 0 saturated carbocycles. The molecule has 0 saturated heterocycles. The van der Waals surface area contributed by atoms with Crippen LogP contribution in [0.1, 0.15) is 18.6 Å². The molecule has 2 rings (SSSR count). The summed E-state index contributed by atoms with van der Waals surface area (Å²) in [4.78, 5) is 4.10. The van der Waals surface area contributed by atoms with Gasteiger partial charge >= 0.3 is 0 Å². The lowest BCUT2D eigenvalue weighted by molar-refractivity contribution is 0.241. The molecule has 0 radical (unpaired) electrons. The zero-order chi connectivity index (χ0) is 13.2. The van der Waals surface area contributed by atoms with Crippen molar-refractivity contribution in [2.45, 2.75) is 12.8 Å². The van der Waals surface area contributed by atoms with E-state index in [1.54, 1.807) is 36.1 Å². The Balaban J connectivity index is 2.46. The van der Waals surface area contributed by atoms with E-state index in [9.17, 15) is 9.67 Å². The Morgan fingerprint density at radius 3 is 2.56 bits per heavy atom. The first-order valence-corrected chi connectivity index (χ1v) is 7.85. The average Bonchev–Trinajstić information content (AvgIpc) is 2.84. The van der Waals surface area contributed by atoms with Gasteiger partial charge in [0.2, 0.25) is 0 Å². The lowest BCUT2D eigenvalue weighted by Gasteiger charge is -2.22. The van der Waals surface area contributed by atoms with Crippen LogP contribution < -0.4 is 5.30 Å². The van der Waals surface area contributed by atoms with Crippen LogP contribution in [0.15, 0.2) is 42.7 Å². The predicted octanol–water partition coefficient (Wildman–Crippen LogP) is 2.12. The number of hydrogen-bond donors (Lipinski definition) is 1. The number of benzene rings is 1. The second-order valence-corrected chi connectivity index (χ2v) is 7.45. The fraction of sp³-hybridized carbons (Fsp3) is 0.308. The Morgan fingerprint density at radius 1 is 1.39 bits per heavy atom. The van der Waals surface area contributed by atoms with E-state index in [2.05, 4.69) is 4.98 Å². The van der Waals surface area contributed by atoms with Gasteiger partial charge in [-0.05, 0) is 0 Å². The van der Waals surface area contributed by atoms with Gasteiger partial charge < -0.3 is 14.2 Å². The summed E-state index contributed by atoms with van der Waals surface area (Å²) in [6.45, 7) is 1.83. The summed E-state index contributed by atoms with van der Waals surface area (Å²) in [5.41, 5.74) is 0. The number of nitrogens with zero attached hydrogens (tertiary/aromatic N) is 2. The largest absolute Gasteiger partial charge is 0.377 e. The summed E-state index contributed by atoms with van der Waals surface area (Å²) < 4.78 is 14.7. The number of aryl methyl sites for hydroxylation is 1. The summed E-state index contributed by atoms with van der Waals surface area (Å²) in [7, 11) is -1.10. The summed E-state index contributed by atoms with van der Waals surface area (Å²) in [5, 5.41) is 11.1. The van der Waals surface area contributed by atoms with Crippen LogP contribution in [0.2, 0.25) is 0 Å². The van der Waals surface area contributed by atoms with E-state index in [4.69, 9.17) is 0 Å². The fourth-order valence-electron chi connectivity index (χ4n) is 1.99. The van der Waals surface area contributed by atoms with Crippen molar-refractivity contribution in [3.8, 4) is 0 Å². The minimum absolute atomic E-state index is 0.408. The SMILES string of the molecule is CCP(=O)(c1ccccc1)C(O)c1nccn1C. The van der Waals surface area contributed by atoms with Crippen LogP contribution in [-0.2, 0) is 11.6 Å². The smallest absolute Gasteiger partial charge is 0.168 e. The number of hydrogen-bond acceptors (Lipinski definition) is 3. The van der Waals surface area contributed by atoms with Crippen LogP contribution >= 0.6 is 7.14 Å². The third-order valence-corrected chi connectivity index (χ3v) is 6.28. The van der Waals surface area contributed by atoms with Gasteiger partial charge in [0.15, 0.2) is 5.85 Å². The third-order valence-electron chi connectivity index (χ3n) is 3.15. The molecule has 2 unspecified atom stereocenters. The standard InChI is InChI=1S/C13H17N2O2P/c1-3-18(17,11-7-5-4-6-8-11)13(16)12-14-9-10-15(12)2/h4-10,13,16H,3H2,1-2H3. The fourth-order valence-corrected chi connectivity index (χ4v) is 4.28. The molecule has 96 valence electrons. The van der Waals surface area contributed by atoms with Crippen molar-refractivity contribution < 1.29 is 9.67 Å². The summed E-state index contributed by atoms with van der Waals surface area (Å²) in [6.07, 6.45) is 3.75. The van der Waals surface area contributed by atoms with Gasteiger partial charge in [0, 0.05) is 30.9 Å². The number of aromatic nitrogens is 2. The molecule has 2 atom stereocenters. The minimum atomic E-state index is -2.89. The Bertz CT molecular complexity index is 565. The van der Waals surface area contributed by atoms with Crippen LogP contribution in [0.25, 0.3) is 0 Å². The zero-order valence-electron chi connectivity index (χ0n) is 10.5. The number of aliphatic hydroxyl groups is 1. The van der Waals surface area contributed by atoms with Crippen molar-refractivity contribution in [2.75, 3.05) is 6.16 Å². The second-order valence-electron chi connectivity index (χ2n) is 4.22. The summed E-state index contributed by atoms with van der Waals surface area (Å²) >= 11 is 0. The molecule has 2 aromatic rings. The molecular weight excluding hydrogens is 247 g/mol. The maximum atomic E-state index is 13.0. The van der Waals surface area contributed by atoms with E-state index in [0.717, 1.165) is 0 Å². The van der Waals surface area contributed by atoms with E-state index < -0.39 is 13.0 Å². The third kappa shape index (κ3) is 2.14. The van der Waals surface area contributed by atoms with Crippen LogP contribution in [0.4, 0.5) is 0 Å². The first kappa shape index (κ1) is 13.1. The van der Waals surface area contributed by atoms with Crippen molar-refractivity contribution in [2.24, 2.45) is 7.05 Å². The monoisotopic (exact) mass is 264 g/mol. The molecule has 0 aliphatic rings. The molecule has 1 aromatic heterocycles. The average molecular weight is 264 g/mol. The van der Waals surface area contributed by atoms with Crippen LogP contribution in [0.5, 0.6) is 0 Å². The normalized spacial score (nSPS) is 16.2. The van der Waals surface area contributed by atoms with Gasteiger partial charge in [0.1, 0.15) is 13.0 Å². The van der Waals surface area contributed by atoms with Crippen molar-refractivity contribution >= 4 is 12.4 Å². The highest BCUT2D eigenvalue weighted by Crippen LogP contribution is 2.55. The molecule has 0 spiro atoms. The highest BCUT2D eigenvalue weighted by atomic mass is 31.2. The van der Waals surface area contributed by atoms with Gasteiger partial charge in [-0.1, -0.05) is 37.3 Å². The lowest BCUT2D eigenvalue weighted by Crippen LogP contribution is -2.16. The van der Waals surface area contributed by atoms with Crippen LogP contribution in [0, 0.1) is 0 Å². The Kier molecular flexibility index (Phi) is 3.69. The topological polar surface area (TPSA) is 55.1 Å². The van der Waals surface area contributed by atoms with Crippen LogP contribution in [0.3, 0.4) is 0 Å². The second kappa shape index (κ2) is 5.09. The number of aliphatic hydroxyl groups excluding tert-OH is 1. The quantitative estimate of drug-likeness (QED) is 0.860. The first-order valence-electron chi connectivity index (χ1n) is 5.89.